The van der Waals surface area contributed by atoms with Gasteiger partial charge >= 0.3 is 0 Å². The van der Waals surface area contributed by atoms with E-state index in [1.165, 1.54) is 91.9 Å². The van der Waals surface area contributed by atoms with Crippen molar-refractivity contribution in [3.8, 4) is 27.9 Å². The summed E-state index contributed by atoms with van der Waals surface area (Å²) in [7, 11) is 0. The number of nitrogens with zero attached hydrogens (tertiary/aromatic N) is 1. The molecule has 0 saturated carbocycles. The summed E-state index contributed by atoms with van der Waals surface area (Å²) in [5, 5.41) is 4.02. The van der Waals surface area contributed by atoms with Crippen LogP contribution in [0, 0.1) is 0 Å². The Morgan fingerprint density at radius 3 is 2.38 bits per heavy atom. The van der Waals surface area contributed by atoms with Gasteiger partial charge in [0.2, 0.25) is 0 Å². The van der Waals surface area contributed by atoms with Gasteiger partial charge in [-0.05, 0) is 144 Å². The van der Waals surface area contributed by atoms with Gasteiger partial charge in [0.05, 0.1) is 11.0 Å². The average Bonchev–Trinajstić information content (AvgIpc) is 3.75. The van der Waals surface area contributed by atoms with E-state index in [0.717, 1.165) is 19.3 Å². The number of benzene rings is 5. The van der Waals surface area contributed by atoms with Crippen LogP contribution in [0.15, 0.2) is 174 Å². The molecule has 3 heteroatoms. The van der Waals surface area contributed by atoms with Crippen LogP contribution in [0.5, 0.6) is 0 Å². The van der Waals surface area contributed by atoms with Crippen LogP contribution in [0.4, 0.5) is 0 Å². The Morgan fingerprint density at radius 1 is 0.810 bits per heavy atom. The second-order valence-corrected chi connectivity index (χ2v) is 18.4. The molecule has 0 radical (unpaired) electrons. The van der Waals surface area contributed by atoms with Crippen molar-refractivity contribution in [1.29, 1.82) is 0 Å². The van der Waals surface area contributed by atoms with E-state index < -0.39 is 0 Å². The maximum absolute atomic E-state index is 4.01. The summed E-state index contributed by atoms with van der Waals surface area (Å²) in [6.45, 7) is 15.2. The van der Waals surface area contributed by atoms with Crippen molar-refractivity contribution < 1.29 is 0 Å². The predicted octanol–water partition coefficient (Wildman–Crippen LogP) is 16.3. The lowest BCUT2D eigenvalue weighted by Gasteiger charge is -2.23. The summed E-state index contributed by atoms with van der Waals surface area (Å²) in [6.07, 6.45) is 24.9. The van der Waals surface area contributed by atoms with Crippen LogP contribution in [-0.2, 0) is 18.3 Å². The summed E-state index contributed by atoms with van der Waals surface area (Å²) < 4.78 is 3.85. The number of rotatable bonds is 9. The molecule has 0 saturated heterocycles. The molecule has 0 aliphatic heterocycles. The largest absolute Gasteiger partial charge is 0.309 e. The molecule has 2 aromatic heterocycles. The van der Waals surface area contributed by atoms with Gasteiger partial charge in [-0.1, -0.05) is 141 Å². The van der Waals surface area contributed by atoms with Gasteiger partial charge in [0, 0.05) is 41.7 Å². The predicted molar refractivity (Wildman–Crippen MR) is 258 cm³/mol. The van der Waals surface area contributed by atoms with Crippen molar-refractivity contribution in [1.82, 2.24) is 4.57 Å². The van der Waals surface area contributed by atoms with Gasteiger partial charge in [-0.3, -0.25) is 0 Å². The summed E-state index contributed by atoms with van der Waals surface area (Å²) in [6, 6.07) is 36.6. The monoisotopic (exact) mass is 787 g/mol. The Kier molecular flexibility index (Phi) is 10.2. The Bertz CT molecular complexity index is 2950. The van der Waals surface area contributed by atoms with Gasteiger partial charge in [-0.25, -0.2) is 0 Å². The molecule has 286 valence electrons. The third kappa shape index (κ3) is 6.71. The number of aromatic nitrogens is 1. The van der Waals surface area contributed by atoms with Crippen LogP contribution in [0.3, 0.4) is 0 Å². The first kappa shape index (κ1) is 37.9. The lowest BCUT2D eigenvalue weighted by molar-refractivity contribution is 0.666. The summed E-state index contributed by atoms with van der Waals surface area (Å²) in [5.41, 5.74) is 15.7. The molecule has 2 heterocycles. The van der Waals surface area contributed by atoms with Crippen LogP contribution in [-0.4, -0.2) is 4.57 Å². The molecule has 2 aliphatic carbocycles. The Morgan fingerprint density at radius 2 is 1.57 bits per heavy atom. The molecular weight excluding hydrogens is 739 g/mol. The molecule has 0 bridgehead atoms. The van der Waals surface area contributed by atoms with Gasteiger partial charge < -0.3 is 4.57 Å². The molecule has 0 N–H and O–H groups in total. The fraction of sp³-hybridized carbons (Fsp3) is 0.164. The minimum Gasteiger partial charge on any atom is -0.309 e. The number of allylic oxidation sites excluding steroid dienone is 11. The average molecular weight is 788 g/mol. The Balaban J connectivity index is 1.08. The molecule has 0 spiro atoms. The van der Waals surface area contributed by atoms with Crippen molar-refractivity contribution in [3.05, 3.63) is 201 Å². The van der Waals surface area contributed by atoms with Crippen LogP contribution < -0.4 is 0 Å². The Hall–Kier alpha value is -5.61. The minimum atomic E-state index is -0.0989. The van der Waals surface area contributed by atoms with E-state index >= 15 is 0 Å². The van der Waals surface area contributed by atoms with Crippen molar-refractivity contribution in [2.75, 3.05) is 0 Å². The second-order valence-electron chi connectivity index (χ2n) is 16.0. The number of para-hydroxylation sites is 1. The van der Waals surface area contributed by atoms with E-state index in [-0.39, 0.29) is 5.41 Å². The minimum absolute atomic E-state index is 0.0989. The summed E-state index contributed by atoms with van der Waals surface area (Å²) in [5.74, 6) is 0. The normalized spacial score (nSPS) is 15.5. The highest BCUT2D eigenvalue weighted by atomic mass is 32.2. The van der Waals surface area contributed by atoms with Crippen molar-refractivity contribution in [3.63, 3.8) is 0 Å². The van der Waals surface area contributed by atoms with Crippen LogP contribution in [0.1, 0.15) is 68.2 Å². The molecule has 9 rings (SSSR count). The SMILES string of the molecule is C=C/C(S/C(C)=C/C=C\C=C\c1ccc2c(c1)c1cc(-c3ccc4c(c3)C(C)(C)c3c-4ccc4sc5c(c34)CC=CCC5)ccc1n2-c1ccccc1)=C(C)\C=C/C. The smallest absolute Gasteiger partial charge is 0.0541 e. The molecule has 5 aromatic carbocycles. The molecule has 0 amide bonds. The second kappa shape index (κ2) is 15.6. The highest BCUT2D eigenvalue weighted by Crippen LogP contribution is 2.54. The van der Waals surface area contributed by atoms with Gasteiger partial charge in [0.1, 0.15) is 0 Å². The number of thioether (sulfide) groups is 1. The van der Waals surface area contributed by atoms with Crippen LogP contribution in [0.25, 0.3) is 65.9 Å². The number of aryl methyl sites for hydroxylation is 1. The highest BCUT2D eigenvalue weighted by molar-refractivity contribution is 8.06. The molecule has 0 fully saturated rings. The third-order valence-electron chi connectivity index (χ3n) is 11.9. The van der Waals surface area contributed by atoms with E-state index in [4.69, 9.17) is 0 Å². The van der Waals surface area contributed by atoms with Gasteiger partial charge in [0.25, 0.3) is 0 Å². The molecule has 1 nitrogen and oxygen atoms in total. The van der Waals surface area contributed by atoms with Gasteiger partial charge in [0.15, 0.2) is 0 Å². The lowest BCUT2D eigenvalue weighted by Crippen LogP contribution is -2.16. The lowest BCUT2D eigenvalue weighted by atomic mass is 9.79. The zero-order chi connectivity index (χ0) is 40.0. The number of thiophene rings is 1. The quantitative estimate of drug-likeness (QED) is 0.104. The zero-order valence-corrected chi connectivity index (χ0v) is 35.7. The first-order chi connectivity index (χ1) is 28.3. The number of hydrogen-bond donors (Lipinski definition) is 0. The molecule has 58 heavy (non-hydrogen) atoms. The van der Waals surface area contributed by atoms with Crippen LogP contribution >= 0.6 is 23.1 Å². The fourth-order valence-electron chi connectivity index (χ4n) is 9.16. The molecule has 0 unspecified atom stereocenters. The van der Waals surface area contributed by atoms with Crippen molar-refractivity contribution >= 4 is 61.1 Å². The van der Waals surface area contributed by atoms with E-state index in [1.807, 2.05) is 24.3 Å². The van der Waals surface area contributed by atoms with E-state index in [1.54, 1.807) is 22.2 Å². The van der Waals surface area contributed by atoms with E-state index in [2.05, 4.69) is 191 Å². The zero-order valence-electron chi connectivity index (χ0n) is 34.1. The van der Waals surface area contributed by atoms with Gasteiger partial charge in [-0.2, -0.15) is 0 Å². The summed E-state index contributed by atoms with van der Waals surface area (Å²) >= 11 is 3.76. The topological polar surface area (TPSA) is 4.93 Å². The first-order valence-corrected chi connectivity index (χ1v) is 22.1. The van der Waals surface area contributed by atoms with E-state index in [0.29, 0.717) is 0 Å². The van der Waals surface area contributed by atoms with Crippen molar-refractivity contribution in [2.45, 2.75) is 59.3 Å². The van der Waals surface area contributed by atoms with E-state index in [9.17, 15) is 0 Å². The number of hydrogen-bond acceptors (Lipinski definition) is 2. The van der Waals surface area contributed by atoms with Crippen LogP contribution in [0.2, 0.25) is 0 Å². The number of fused-ring (bicyclic) bond motifs is 10. The maximum Gasteiger partial charge on any atom is 0.0541 e. The summed E-state index contributed by atoms with van der Waals surface area (Å²) in [4.78, 5) is 3.97. The Labute approximate surface area is 351 Å². The fourth-order valence-corrected chi connectivity index (χ4v) is 11.2. The molecular formula is C55H49NS2. The molecule has 7 aromatic rings. The standard InChI is InChI=1S/C55H49NS2/c1-7-18-36(3)50(8-2)57-37(4)19-12-9-13-20-38-25-30-48-45(33-38)46-34-39(27-31-49(46)56(48)41-21-14-10-15-22-41)40-26-28-42-43-29-32-52-53(54(43)55(5,6)47(42)35-40)44-23-16-11-17-24-51(44)58-52/h7-16,18-22,25-35H,2,17,23-24H2,1,3-6H3/b12-9-,18-7-,20-13+,37-19+,50-36+. The first-order valence-electron chi connectivity index (χ1n) is 20.4. The highest BCUT2D eigenvalue weighted by Gasteiger charge is 2.38. The molecule has 0 atom stereocenters. The maximum atomic E-state index is 4.01. The molecule has 2 aliphatic rings. The van der Waals surface area contributed by atoms with Crippen molar-refractivity contribution in [2.24, 2.45) is 0 Å². The third-order valence-corrected chi connectivity index (χ3v) is 14.3. The van der Waals surface area contributed by atoms with Gasteiger partial charge in [-0.15, -0.1) is 11.3 Å².